The number of amides is 1. The Bertz CT molecular complexity index is 610. The van der Waals surface area contributed by atoms with Gasteiger partial charge < -0.3 is 14.6 Å². The maximum Gasteiger partial charge on any atom is 0.224 e. The molecule has 0 spiro atoms. The highest BCUT2D eigenvalue weighted by Crippen LogP contribution is 2.23. The van der Waals surface area contributed by atoms with Crippen LogP contribution in [0.5, 0.6) is 0 Å². The predicted octanol–water partition coefficient (Wildman–Crippen LogP) is 2.09. The summed E-state index contributed by atoms with van der Waals surface area (Å²) < 4.78 is 5.31. The van der Waals surface area contributed by atoms with E-state index in [4.69, 9.17) is 4.42 Å². The van der Waals surface area contributed by atoms with E-state index in [1.165, 1.54) is 0 Å². The van der Waals surface area contributed by atoms with Gasteiger partial charge in [-0.05, 0) is 44.0 Å². The van der Waals surface area contributed by atoms with Crippen LogP contribution in [0.25, 0.3) is 11.5 Å². The quantitative estimate of drug-likeness (QED) is 0.936. The molecular weight excluding hydrogens is 280 g/mol. The van der Waals surface area contributed by atoms with Crippen LogP contribution in [0.1, 0.15) is 19.8 Å². The van der Waals surface area contributed by atoms with Gasteiger partial charge in [0.1, 0.15) is 5.69 Å². The minimum absolute atomic E-state index is 0.0280. The zero-order valence-electron chi connectivity index (χ0n) is 12.7. The van der Waals surface area contributed by atoms with Gasteiger partial charge in [0.25, 0.3) is 0 Å². The van der Waals surface area contributed by atoms with Crippen LogP contribution in [0.4, 0.5) is 5.82 Å². The minimum Gasteiger partial charge on any atom is -0.463 e. The molecule has 3 heterocycles. The highest BCUT2D eigenvalue weighted by Gasteiger charge is 2.26. The summed E-state index contributed by atoms with van der Waals surface area (Å²) >= 11 is 0. The Morgan fingerprint density at radius 3 is 3.00 bits per heavy atom. The van der Waals surface area contributed by atoms with Crippen LogP contribution in [0.2, 0.25) is 0 Å². The summed E-state index contributed by atoms with van der Waals surface area (Å²) in [7, 11) is 0. The molecule has 0 aliphatic carbocycles. The van der Waals surface area contributed by atoms with E-state index in [0.29, 0.717) is 24.5 Å². The van der Waals surface area contributed by atoms with Gasteiger partial charge >= 0.3 is 0 Å². The van der Waals surface area contributed by atoms with Crippen LogP contribution in [0.3, 0.4) is 0 Å². The number of furan rings is 1. The Labute approximate surface area is 129 Å². The van der Waals surface area contributed by atoms with Gasteiger partial charge in [-0.1, -0.05) is 0 Å². The minimum atomic E-state index is 0.0280. The lowest BCUT2D eigenvalue weighted by atomic mass is 9.97. The summed E-state index contributed by atoms with van der Waals surface area (Å²) in [6.45, 7) is 4.22. The zero-order chi connectivity index (χ0) is 15.4. The molecule has 2 aromatic heterocycles. The Morgan fingerprint density at radius 1 is 1.41 bits per heavy atom. The SMILES string of the molecule is CCNC(=O)C1CCCN(c2ccc(-c3ccco3)nn2)C1. The molecule has 1 N–H and O–H groups in total. The topological polar surface area (TPSA) is 71.3 Å². The molecule has 0 bridgehead atoms. The average Bonchev–Trinajstić information content (AvgIpc) is 3.10. The molecule has 0 aromatic carbocycles. The monoisotopic (exact) mass is 300 g/mol. The summed E-state index contributed by atoms with van der Waals surface area (Å²) in [5, 5.41) is 11.4. The number of carbonyl (C=O) groups is 1. The summed E-state index contributed by atoms with van der Waals surface area (Å²) in [6.07, 6.45) is 3.54. The first-order valence-electron chi connectivity index (χ1n) is 7.68. The Hall–Kier alpha value is -2.37. The number of hydrogen-bond acceptors (Lipinski definition) is 5. The second-order valence-electron chi connectivity index (χ2n) is 5.43. The van der Waals surface area contributed by atoms with E-state index in [2.05, 4.69) is 20.4 Å². The summed E-state index contributed by atoms with van der Waals surface area (Å²) in [5.74, 6) is 1.68. The molecule has 2 aromatic rings. The second kappa shape index (κ2) is 6.60. The van der Waals surface area contributed by atoms with Crippen LogP contribution >= 0.6 is 0 Å². The molecule has 0 radical (unpaired) electrons. The van der Waals surface area contributed by atoms with Crippen molar-refractivity contribution in [2.45, 2.75) is 19.8 Å². The predicted molar refractivity (Wildman–Crippen MR) is 83.4 cm³/mol. The molecule has 116 valence electrons. The third kappa shape index (κ3) is 3.10. The fourth-order valence-electron chi connectivity index (χ4n) is 2.77. The average molecular weight is 300 g/mol. The molecule has 0 saturated carbocycles. The van der Waals surface area contributed by atoms with Gasteiger partial charge in [-0.25, -0.2) is 0 Å². The van der Waals surface area contributed by atoms with E-state index in [9.17, 15) is 4.79 Å². The maximum atomic E-state index is 12.0. The van der Waals surface area contributed by atoms with Crippen molar-refractivity contribution < 1.29 is 9.21 Å². The van der Waals surface area contributed by atoms with Crippen LogP contribution in [-0.4, -0.2) is 35.7 Å². The molecule has 1 amide bonds. The fourth-order valence-corrected chi connectivity index (χ4v) is 2.77. The number of rotatable bonds is 4. The summed E-state index contributed by atoms with van der Waals surface area (Å²) in [6, 6.07) is 7.52. The standard InChI is InChI=1S/C16H20N4O2/c1-2-17-16(21)12-5-3-9-20(11-12)15-8-7-13(18-19-15)14-6-4-10-22-14/h4,6-8,10,12H,2-3,5,9,11H2,1H3,(H,17,21). The van der Waals surface area contributed by atoms with Crippen molar-refractivity contribution in [2.24, 2.45) is 5.92 Å². The normalized spacial score (nSPS) is 18.2. The first-order chi connectivity index (χ1) is 10.8. The van der Waals surface area contributed by atoms with Crippen molar-refractivity contribution in [3.63, 3.8) is 0 Å². The zero-order valence-corrected chi connectivity index (χ0v) is 12.7. The number of piperidine rings is 1. The Kier molecular flexibility index (Phi) is 4.37. The van der Waals surface area contributed by atoms with E-state index in [1.54, 1.807) is 6.26 Å². The number of hydrogen-bond donors (Lipinski definition) is 1. The third-order valence-corrected chi connectivity index (χ3v) is 3.89. The van der Waals surface area contributed by atoms with Gasteiger partial charge in [0.15, 0.2) is 11.6 Å². The molecular formula is C16H20N4O2. The Balaban J connectivity index is 1.69. The van der Waals surface area contributed by atoms with Crippen molar-refractivity contribution in [2.75, 3.05) is 24.5 Å². The lowest BCUT2D eigenvalue weighted by Gasteiger charge is -2.32. The van der Waals surface area contributed by atoms with Crippen LogP contribution in [-0.2, 0) is 4.79 Å². The van der Waals surface area contributed by atoms with Gasteiger partial charge in [0.05, 0.1) is 12.2 Å². The van der Waals surface area contributed by atoms with Crippen molar-refractivity contribution in [1.29, 1.82) is 0 Å². The van der Waals surface area contributed by atoms with Gasteiger partial charge in [-0.2, -0.15) is 0 Å². The largest absolute Gasteiger partial charge is 0.463 e. The number of carbonyl (C=O) groups excluding carboxylic acids is 1. The van der Waals surface area contributed by atoms with Gasteiger partial charge in [0, 0.05) is 19.6 Å². The summed E-state index contributed by atoms with van der Waals surface area (Å²) in [4.78, 5) is 14.1. The van der Waals surface area contributed by atoms with E-state index in [0.717, 1.165) is 25.2 Å². The molecule has 6 nitrogen and oxygen atoms in total. The van der Waals surface area contributed by atoms with Crippen LogP contribution < -0.4 is 10.2 Å². The van der Waals surface area contributed by atoms with E-state index in [1.807, 2.05) is 31.2 Å². The van der Waals surface area contributed by atoms with Gasteiger partial charge in [0.2, 0.25) is 5.91 Å². The first-order valence-corrected chi connectivity index (χ1v) is 7.68. The lowest BCUT2D eigenvalue weighted by molar-refractivity contribution is -0.125. The molecule has 3 rings (SSSR count). The van der Waals surface area contributed by atoms with Crippen molar-refractivity contribution in [1.82, 2.24) is 15.5 Å². The maximum absolute atomic E-state index is 12.0. The number of anilines is 1. The van der Waals surface area contributed by atoms with Gasteiger partial charge in [-0.3, -0.25) is 4.79 Å². The second-order valence-corrected chi connectivity index (χ2v) is 5.43. The molecule has 1 aliphatic rings. The molecule has 6 heteroatoms. The number of nitrogens with zero attached hydrogens (tertiary/aromatic N) is 3. The van der Waals surface area contributed by atoms with Crippen LogP contribution in [0.15, 0.2) is 34.9 Å². The van der Waals surface area contributed by atoms with Crippen molar-refractivity contribution in [3.05, 3.63) is 30.5 Å². The van der Waals surface area contributed by atoms with E-state index >= 15 is 0 Å². The summed E-state index contributed by atoms with van der Waals surface area (Å²) in [5.41, 5.74) is 0.714. The smallest absolute Gasteiger partial charge is 0.224 e. The fraction of sp³-hybridized carbons (Fsp3) is 0.438. The van der Waals surface area contributed by atoms with Crippen molar-refractivity contribution in [3.8, 4) is 11.5 Å². The van der Waals surface area contributed by atoms with Crippen LogP contribution in [0, 0.1) is 5.92 Å². The first kappa shape index (κ1) is 14.6. The molecule has 1 unspecified atom stereocenters. The Morgan fingerprint density at radius 2 is 2.32 bits per heavy atom. The van der Waals surface area contributed by atoms with E-state index in [-0.39, 0.29) is 11.8 Å². The number of nitrogens with one attached hydrogen (secondary N) is 1. The van der Waals surface area contributed by atoms with Gasteiger partial charge in [-0.15, -0.1) is 10.2 Å². The molecule has 1 saturated heterocycles. The highest BCUT2D eigenvalue weighted by molar-refractivity contribution is 5.79. The molecule has 1 aliphatic heterocycles. The molecule has 1 fully saturated rings. The lowest BCUT2D eigenvalue weighted by Crippen LogP contribution is -2.43. The van der Waals surface area contributed by atoms with E-state index < -0.39 is 0 Å². The number of aromatic nitrogens is 2. The van der Waals surface area contributed by atoms with Crippen molar-refractivity contribution >= 4 is 11.7 Å². The highest BCUT2D eigenvalue weighted by atomic mass is 16.3. The molecule has 22 heavy (non-hydrogen) atoms. The molecule has 1 atom stereocenters. The third-order valence-electron chi connectivity index (χ3n) is 3.89.